The minimum absolute atomic E-state index is 0.312. The molecule has 0 radical (unpaired) electrons. The molecule has 2 rings (SSSR count). The van der Waals surface area contributed by atoms with Crippen molar-refractivity contribution in [2.75, 3.05) is 13.1 Å². The molecule has 0 spiro atoms. The van der Waals surface area contributed by atoms with Crippen LogP contribution in [0.1, 0.15) is 31.7 Å². The standard InChI is InChI=1S/C18H25NO2S/c1-4-6-7-16-13-17(16)14-19(12-5-2)22(20,21)18-10-8-15(3)9-11-18/h5,8-11,13,17H,2,4,6-7,12,14H2,1,3H3. The summed E-state index contributed by atoms with van der Waals surface area (Å²) in [6, 6.07) is 7.03. The Morgan fingerprint density at radius 1 is 1.27 bits per heavy atom. The molecule has 0 N–H and O–H groups in total. The van der Waals surface area contributed by atoms with E-state index in [1.165, 1.54) is 22.7 Å². The van der Waals surface area contributed by atoms with Gasteiger partial charge in [-0.3, -0.25) is 0 Å². The average Bonchev–Trinajstić information content (AvgIpc) is 3.23. The molecule has 0 saturated heterocycles. The van der Waals surface area contributed by atoms with E-state index in [-0.39, 0.29) is 0 Å². The highest BCUT2D eigenvalue weighted by Crippen LogP contribution is 2.35. The monoisotopic (exact) mass is 319 g/mol. The Morgan fingerprint density at radius 3 is 2.55 bits per heavy atom. The summed E-state index contributed by atoms with van der Waals surface area (Å²) in [6.45, 7) is 8.69. The summed E-state index contributed by atoms with van der Waals surface area (Å²) in [7, 11) is -3.45. The summed E-state index contributed by atoms with van der Waals surface area (Å²) in [5.41, 5.74) is 2.45. The molecule has 1 aromatic rings. The van der Waals surface area contributed by atoms with E-state index in [0.29, 0.717) is 23.9 Å². The molecular formula is C18H25NO2S. The number of unbranched alkanes of at least 4 members (excludes halogenated alkanes) is 1. The fourth-order valence-corrected chi connectivity index (χ4v) is 3.96. The van der Waals surface area contributed by atoms with Gasteiger partial charge in [0.05, 0.1) is 4.90 Å². The Balaban J connectivity index is 2.07. The number of sulfonamides is 1. The summed E-state index contributed by atoms with van der Waals surface area (Å²) in [5.74, 6) is 0.312. The molecule has 1 aliphatic carbocycles. The molecule has 0 fully saturated rings. The highest BCUT2D eigenvalue weighted by atomic mass is 32.2. The zero-order chi connectivity index (χ0) is 16.2. The van der Waals surface area contributed by atoms with Crippen LogP contribution in [0.15, 0.2) is 53.5 Å². The summed E-state index contributed by atoms with van der Waals surface area (Å²) in [5, 5.41) is 0. The number of aryl methyl sites for hydroxylation is 1. The van der Waals surface area contributed by atoms with Gasteiger partial charge in [-0.2, -0.15) is 4.31 Å². The lowest BCUT2D eigenvalue weighted by atomic mass is 10.1. The molecule has 0 aromatic heterocycles. The largest absolute Gasteiger partial charge is 0.243 e. The van der Waals surface area contributed by atoms with Gasteiger partial charge in [-0.15, -0.1) is 6.58 Å². The maximum Gasteiger partial charge on any atom is 0.243 e. The maximum atomic E-state index is 12.8. The first-order valence-corrected chi connectivity index (χ1v) is 9.31. The number of nitrogens with zero attached hydrogens (tertiary/aromatic N) is 1. The van der Waals surface area contributed by atoms with E-state index < -0.39 is 10.0 Å². The normalized spacial score (nSPS) is 17.4. The van der Waals surface area contributed by atoms with E-state index in [9.17, 15) is 8.42 Å². The van der Waals surface area contributed by atoms with Gasteiger partial charge in [-0.05, 0) is 31.9 Å². The first-order chi connectivity index (χ1) is 10.5. The van der Waals surface area contributed by atoms with Crippen LogP contribution in [-0.4, -0.2) is 25.8 Å². The highest BCUT2D eigenvalue weighted by Gasteiger charge is 2.31. The SMILES string of the molecule is C=CCN(CC1C=C1CCCC)S(=O)(=O)c1ccc(C)cc1. The van der Waals surface area contributed by atoms with Crippen LogP contribution in [0.2, 0.25) is 0 Å². The van der Waals surface area contributed by atoms with Crippen molar-refractivity contribution < 1.29 is 8.42 Å². The lowest BCUT2D eigenvalue weighted by Gasteiger charge is -2.21. The highest BCUT2D eigenvalue weighted by molar-refractivity contribution is 7.89. The van der Waals surface area contributed by atoms with Crippen molar-refractivity contribution in [3.8, 4) is 0 Å². The first kappa shape index (κ1) is 17.0. The number of rotatable bonds is 9. The minimum Gasteiger partial charge on any atom is -0.207 e. The zero-order valence-corrected chi connectivity index (χ0v) is 14.3. The van der Waals surface area contributed by atoms with Crippen LogP contribution in [-0.2, 0) is 10.0 Å². The second kappa shape index (κ2) is 7.25. The van der Waals surface area contributed by atoms with Crippen molar-refractivity contribution in [1.29, 1.82) is 0 Å². The lowest BCUT2D eigenvalue weighted by Crippen LogP contribution is -2.33. The van der Waals surface area contributed by atoms with Gasteiger partial charge in [0.2, 0.25) is 10.0 Å². The number of benzene rings is 1. The topological polar surface area (TPSA) is 37.4 Å². The van der Waals surface area contributed by atoms with E-state index >= 15 is 0 Å². The third-order valence-corrected chi connectivity index (χ3v) is 5.84. The third-order valence-electron chi connectivity index (χ3n) is 3.99. The van der Waals surface area contributed by atoms with E-state index in [0.717, 1.165) is 12.0 Å². The maximum absolute atomic E-state index is 12.8. The van der Waals surface area contributed by atoms with E-state index in [1.807, 2.05) is 19.1 Å². The fourth-order valence-electron chi connectivity index (χ4n) is 2.52. The van der Waals surface area contributed by atoms with Crippen molar-refractivity contribution >= 4 is 10.0 Å². The molecule has 1 aromatic carbocycles. The quantitative estimate of drug-likeness (QED) is 0.647. The Labute approximate surface area is 134 Å². The van der Waals surface area contributed by atoms with Gasteiger partial charge in [-0.1, -0.05) is 48.8 Å². The zero-order valence-electron chi connectivity index (χ0n) is 13.5. The Hall–Kier alpha value is -1.39. The lowest BCUT2D eigenvalue weighted by molar-refractivity contribution is 0.430. The van der Waals surface area contributed by atoms with Crippen LogP contribution in [0.5, 0.6) is 0 Å². The molecular weight excluding hydrogens is 294 g/mol. The summed E-state index contributed by atoms with van der Waals surface area (Å²) < 4.78 is 27.1. The van der Waals surface area contributed by atoms with Crippen LogP contribution in [0.3, 0.4) is 0 Å². The minimum atomic E-state index is -3.45. The second-order valence-corrected chi connectivity index (χ2v) is 7.81. The molecule has 120 valence electrons. The van der Waals surface area contributed by atoms with Gasteiger partial charge >= 0.3 is 0 Å². The molecule has 1 atom stereocenters. The van der Waals surface area contributed by atoms with E-state index in [2.05, 4.69) is 19.6 Å². The molecule has 1 unspecified atom stereocenters. The van der Waals surface area contributed by atoms with Crippen LogP contribution in [0.25, 0.3) is 0 Å². The van der Waals surface area contributed by atoms with E-state index in [1.54, 1.807) is 18.2 Å². The van der Waals surface area contributed by atoms with Crippen molar-refractivity contribution in [2.45, 2.75) is 38.0 Å². The van der Waals surface area contributed by atoms with Crippen LogP contribution < -0.4 is 0 Å². The first-order valence-electron chi connectivity index (χ1n) is 7.87. The molecule has 0 amide bonds. The fraction of sp³-hybridized carbons (Fsp3) is 0.444. The second-order valence-electron chi connectivity index (χ2n) is 5.88. The van der Waals surface area contributed by atoms with Crippen molar-refractivity contribution in [3.63, 3.8) is 0 Å². The molecule has 0 saturated carbocycles. The predicted octanol–water partition coefficient (Wildman–Crippen LogP) is 3.92. The molecule has 3 nitrogen and oxygen atoms in total. The summed E-state index contributed by atoms with van der Waals surface area (Å²) in [6.07, 6.45) is 7.28. The van der Waals surface area contributed by atoms with Gasteiger partial charge in [0.25, 0.3) is 0 Å². The molecule has 1 aliphatic rings. The average molecular weight is 319 g/mol. The molecule has 0 aliphatic heterocycles. The van der Waals surface area contributed by atoms with Crippen molar-refractivity contribution in [2.24, 2.45) is 5.92 Å². The Kier molecular flexibility index (Phi) is 5.59. The van der Waals surface area contributed by atoms with Gasteiger partial charge in [0.15, 0.2) is 0 Å². The van der Waals surface area contributed by atoms with Gasteiger partial charge in [0.1, 0.15) is 0 Å². The van der Waals surface area contributed by atoms with Gasteiger partial charge in [-0.25, -0.2) is 8.42 Å². The smallest absolute Gasteiger partial charge is 0.207 e. The molecule has 0 heterocycles. The van der Waals surface area contributed by atoms with Crippen molar-refractivity contribution in [1.82, 2.24) is 4.31 Å². The molecule has 0 bridgehead atoms. The van der Waals surface area contributed by atoms with Crippen LogP contribution in [0.4, 0.5) is 0 Å². The Bertz CT molecular complexity index is 644. The molecule has 22 heavy (non-hydrogen) atoms. The van der Waals surface area contributed by atoms with Crippen molar-refractivity contribution in [3.05, 3.63) is 54.1 Å². The van der Waals surface area contributed by atoms with Crippen LogP contribution in [0, 0.1) is 12.8 Å². The number of hydrogen-bond acceptors (Lipinski definition) is 2. The predicted molar refractivity (Wildman–Crippen MR) is 91.2 cm³/mol. The summed E-state index contributed by atoms with van der Waals surface area (Å²) >= 11 is 0. The number of hydrogen-bond donors (Lipinski definition) is 0. The molecule has 4 heteroatoms. The van der Waals surface area contributed by atoms with Gasteiger partial charge < -0.3 is 0 Å². The third kappa shape index (κ3) is 4.08. The van der Waals surface area contributed by atoms with Crippen LogP contribution >= 0.6 is 0 Å². The summed E-state index contributed by atoms with van der Waals surface area (Å²) in [4.78, 5) is 0.357. The Morgan fingerprint density at radius 2 is 1.95 bits per heavy atom. The van der Waals surface area contributed by atoms with Gasteiger partial charge in [0, 0.05) is 19.0 Å². The van der Waals surface area contributed by atoms with E-state index in [4.69, 9.17) is 0 Å².